The van der Waals surface area contributed by atoms with Crippen LogP contribution >= 0.6 is 0 Å². The number of hydrogen-bond acceptors (Lipinski definition) is 17. The highest BCUT2D eigenvalue weighted by Crippen LogP contribution is 2.32. The molecule has 2 aromatic carbocycles. The fraction of sp³-hybridized carbons (Fsp3) is 0.400. The molecule has 10 atom stereocenters. The van der Waals surface area contributed by atoms with Crippen LogP contribution < -0.4 is 4.74 Å². The fourth-order valence-electron chi connectivity index (χ4n) is 4.52. The van der Waals surface area contributed by atoms with Crippen molar-refractivity contribution in [2.24, 2.45) is 0 Å². The monoisotopic (exact) mass is 666 g/mol. The number of benzene rings is 2. The minimum Gasteiger partial charge on any atom is -0.504 e. The molecule has 2 aliphatic heterocycles. The molecule has 0 aromatic heterocycles. The maximum absolute atomic E-state index is 12.2. The quantitative estimate of drug-likeness (QED) is 0.0719. The topological polar surface area (TPSA) is 283 Å². The molecule has 2 fully saturated rings. The molecule has 0 amide bonds. The Balaban J connectivity index is 1.33. The number of carbonyl (C=O) groups is 2. The number of aliphatic hydroxyl groups is 7. The van der Waals surface area contributed by atoms with Gasteiger partial charge in [-0.05, 0) is 47.5 Å². The first-order chi connectivity index (χ1) is 22.3. The number of aromatic hydroxyl groups is 3. The van der Waals surface area contributed by atoms with Crippen LogP contribution in [-0.2, 0) is 28.5 Å². The highest BCUT2D eigenvalue weighted by atomic mass is 16.7. The number of carbonyl (C=O) groups excluding carboxylic acids is 2. The second-order valence-corrected chi connectivity index (χ2v) is 10.5. The Bertz CT molecular complexity index is 1460. The van der Waals surface area contributed by atoms with Gasteiger partial charge < -0.3 is 74.7 Å². The number of esters is 2. The smallest absolute Gasteiger partial charge is 0.333 e. The van der Waals surface area contributed by atoms with Gasteiger partial charge in [0.1, 0.15) is 55.4 Å². The van der Waals surface area contributed by atoms with Crippen molar-refractivity contribution >= 4 is 24.1 Å². The Labute approximate surface area is 265 Å². The Morgan fingerprint density at radius 1 is 0.660 bits per heavy atom. The highest BCUT2D eigenvalue weighted by Gasteiger charge is 2.46. The molecule has 2 aromatic rings. The van der Waals surface area contributed by atoms with Crippen LogP contribution in [0.4, 0.5) is 0 Å². The lowest BCUT2D eigenvalue weighted by atomic mass is 9.99. The molecule has 17 nitrogen and oxygen atoms in total. The lowest BCUT2D eigenvalue weighted by Crippen LogP contribution is -2.60. The molecule has 47 heavy (non-hydrogen) atoms. The molecule has 0 unspecified atom stereocenters. The zero-order valence-corrected chi connectivity index (χ0v) is 24.3. The summed E-state index contributed by atoms with van der Waals surface area (Å²) < 4.78 is 26.1. The van der Waals surface area contributed by atoms with Crippen molar-refractivity contribution in [2.75, 3.05) is 13.2 Å². The largest absolute Gasteiger partial charge is 0.504 e. The number of phenols is 3. The van der Waals surface area contributed by atoms with Gasteiger partial charge in [0.05, 0.1) is 6.61 Å². The van der Waals surface area contributed by atoms with Crippen LogP contribution in [0.5, 0.6) is 23.0 Å². The summed E-state index contributed by atoms with van der Waals surface area (Å²) in [5.74, 6) is -3.41. The van der Waals surface area contributed by atoms with E-state index in [1.54, 1.807) is 0 Å². The second-order valence-electron chi connectivity index (χ2n) is 10.5. The molecule has 0 spiro atoms. The molecular weight excluding hydrogens is 632 g/mol. The van der Waals surface area contributed by atoms with Crippen LogP contribution in [0.25, 0.3) is 12.2 Å². The standard InChI is InChI=1S/C30H34O17/c31-11-19-23(37)25(39)28(42)30(45-19)47-22(36)8-4-14-2-6-18(17(34)10-14)44-29-27(41)26(40)24(38)20(46-29)12-43-21(35)7-3-13-1-5-15(32)16(33)9-13/h1-10,19-20,23-34,37-42H,11-12H2/b7-3+,8-4+/t19-,20-,23-,24-,25+,26+,27-,28-,29-,30+/m1/s1. The summed E-state index contributed by atoms with van der Waals surface area (Å²) in [4.78, 5) is 24.4. The van der Waals surface area contributed by atoms with Gasteiger partial charge in [-0.3, -0.25) is 0 Å². The van der Waals surface area contributed by atoms with Crippen LogP contribution in [-0.4, -0.2) is 138 Å². The van der Waals surface area contributed by atoms with Crippen molar-refractivity contribution < 1.29 is 84.3 Å². The third-order valence-corrected chi connectivity index (χ3v) is 7.19. The van der Waals surface area contributed by atoms with E-state index in [0.29, 0.717) is 5.56 Å². The van der Waals surface area contributed by atoms with Crippen LogP contribution in [0.1, 0.15) is 11.1 Å². The third-order valence-electron chi connectivity index (χ3n) is 7.19. The van der Waals surface area contributed by atoms with E-state index in [9.17, 15) is 60.7 Å². The van der Waals surface area contributed by atoms with Crippen LogP contribution in [0.3, 0.4) is 0 Å². The zero-order chi connectivity index (χ0) is 34.4. The number of phenolic OH excluding ortho intramolecular Hbond substituents is 3. The van der Waals surface area contributed by atoms with Crippen LogP contribution in [0.15, 0.2) is 48.6 Å². The molecule has 2 aliphatic rings. The van der Waals surface area contributed by atoms with Gasteiger partial charge in [-0.1, -0.05) is 12.1 Å². The minimum atomic E-state index is -1.80. The molecule has 0 aliphatic carbocycles. The Hall–Kier alpha value is -4.30. The Morgan fingerprint density at radius 3 is 1.83 bits per heavy atom. The lowest BCUT2D eigenvalue weighted by molar-refractivity contribution is -0.291. The predicted octanol–water partition coefficient (Wildman–Crippen LogP) is -2.40. The van der Waals surface area contributed by atoms with Gasteiger partial charge in [-0.15, -0.1) is 0 Å². The normalized spacial score (nSPS) is 31.1. The SMILES string of the molecule is O=C(/C=C/c1ccc(O)c(O)c1)OC[C@H]1O[C@@H](Oc2ccc(/C=C/C(=O)O[C@@H]3O[C@H](CO)[C@@H](O)[C@H](O)[C@H]3O)cc2O)[C@H](O)[C@@H](O)[C@@H]1O. The summed E-state index contributed by atoms with van der Waals surface area (Å²) in [5.41, 5.74) is 0.606. The molecular formula is C30H34O17. The summed E-state index contributed by atoms with van der Waals surface area (Å²) in [5, 5.41) is 99.3. The van der Waals surface area contributed by atoms with Gasteiger partial charge >= 0.3 is 11.9 Å². The summed E-state index contributed by atoms with van der Waals surface area (Å²) in [6, 6.07) is 7.58. The predicted molar refractivity (Wildman–Crippen MR) is 154 cm³/mol. The van der Waals surface area contributed by atoms with Crippen molar-refractivity contribution in [2.45, 2.75) is 61.4 Å². The van der Waals surface area contributed by atoms with E-state index in [2.05, 4.69) is 0 Å². The van der Waals surface area contributed by atoms with Crippen molar-refractivity contribution in [3.05, 3.63) is 59.7 Å². The molecule has 17 heteroatoms. The number of hydrogen-bond donors (Lipinski definition) is 10. The van der Waals surface area contributed by atoms with E-state index in [4.69, 9.17) is 23.7 Å². The first-order valence-electron chi connectivity index (χ1n) is 14.0. The summed E-state index contributed by atoms with van der Waals surface area (Å²) in [6.07, 6.45) is -12.1. The first kappa shape index (κ1) is 35.6. The second kappa shape index (κ2) is 15.5. The summed E-state index contributed by atoms with van der Waals surface area (Å²) >= 11 is 0. The van der Waals surface area contributed by atoms with Crippen molar-refractivity contribution in [1.82, 2.24) is 0 Å². The molecule has 0 radical (unpaired) electrons. The third kappa shape index (κ3) is 8.74. The van der Waals surface area contributed by atoms with Crippen LogP contribution in [0.2, 0.25) is 0 Å². The number of ether oxygens (including phenoxy) is 5. The average molecular weight is 667 g/mol. The van der Waals surface area contributed by atoms with Gasteiger partial charge in [0.2, 0.25) is 12.6 Å². The maximum atomic E-state index is 12.2. The molecule has 256 valence electrons. The molecule has 0 saturated carbocycles. The van der Waals surface area contributed by atoms with Crippen LogP contribution in [0, 0.1) is 0 Å². The highest BCUT2D eigenvalue weighted by molar-refractivity contribution is 5.87. The number of aliphatic hydroxyl groups excluding tert-OH is 7. The molecule has 2 saturated heterocycles. The van der Waals surface area contributed by atoms with Gasteiger partial charge in [-0.25, -0.2) is 9.59 Å². The van der Waals surface area contributed by atoms with Gasteiger partial charge in [0.15, 0.2) is 23.0 Å². The van der Waals surface area contributed by atoms with E-state index in [1.807, 2.05) is 0 Å². The van der Waals surface area contributed by atoms with Gasteiger partial charge in [-0.2, -0.15) is 0 Å². The number of rotatable bonds is 10. The molecule has 0 bridgehead atoms. The first-order valence-corrected chi connectivity index (χ1v) is 14.0. The Morgan fingerprint density at radius 2 is 1.21 bits per heavy atom. The van der Waals surface area contributed by atoms with E-state index in [-0.39, 0.29) is 17.1 Å². The van der Waals surface area contributed by atoms with Gasteiger partial charge in [0.25, 0.3) is 0 Å². The zero-order valence-electron chi connectivity index (χ0n) is 24.3. The van der Waals surface area contributed by atoms with E-state index >= 15 is 0 Å². The Kier molecular flexibility index (Phi) is 11.7. The lowest BCUT2D eigenvalue weighted by Gasteiger charge is -2.39. The average Bonchev–Trinajstić information content (AvgIpc) is 3.05. The summed E-state index contributed by atoms with van der Waals surface area (Å²) in [7, 11) is 0. The maximum Gasteiger partial charge on any atom is 0.333 e. The van der Waals surface area contributed by atoms with Gasteiger partial charge in [0, 0.05) is 12.2 Å². The van der Waals surface area contributed by atoms with Crippen molar-refractivity contribution in [3.63, 3.8) is 0 Å². The summed E-state index contributed by atoms with van der Waals surface area (Å²) in [6.45, 7) is -1.29. The molecule has 2 heterocycles. The van der Waals surface area contributed by atoms with Crippen molar-refractivity contribution in [3.8, 4) is 23.0 Å². The van der Waals surface area contributed by atoms with E-state index in [0.717, 1.165) is 18.2 Å². The molecule has 4 rings (SSSR count). The van der Waals surface area contributed by atoms with Crippen molar-refractivity contribution in [1.29, 1.82) is 0 Å². The minimum absolute atomic E-state index is 0.238. The molecule has 10 N–H and O–H groups in total. The van der Waals surface area contributed by atoms with E-state index in [1.165, 1.54) is 42.5 Å². The fourth-order valence-corrected chi connectivity index (χ4v) is 4.52. The van der Waals surface area contributed by atoms with E-state index < -0.39 is 98.1 Å².